The van der Waals surface area contributed by atoms with Crippen LogP contribution in [0.15, 0.2) is 85.1 Å². The van der Waals surface area contributed by atoms with Crippen LogP contribution in [-0.4, -0.2) is 15.7 Å². The zero-order valence-electron chi connectivity index (χ0n) is 14.6. The molecule has 138 valence electrons. The van der Waals surface area contributed by atoms with Crippen molar-refractivity contribution in [2.24, 2.45) is 0 Å². The Kier molecular flexibility index (Phi) is 4.91. The van der Waals surface area contributed by atoms with Gasteiger partial charge in [-0.25, -0.2) is 9.07 Å². The molecule has 1 aromatic heterocycles. The molecule has 4 rings (SSSR count). The minimum Gasteiger partial charge on any atom is -0.322 e. The molecule has 0 atom stereocenters. The summed E-state index contributed by atoms with van der Waals surface area (Å²) in [5.41, 5.74) is 3.03. The van der Waals surface area contributed by atoms with Crippen LogP contribution in [0.2, 0.25) is 5.02 Å². The predicted molar refractivity (Wildman–Crippen MR) is 108 cm³/mol. The normalized spacial score (nSPS) is 10.6. The number of carbonyl (C=O) groups is 1. The van der Waals surface area contributed by atoms with E-state index in [1.807, 2.05) is 42.5 Å². The summed E-state index contributed by atoms with van der Waals surface area (Å²) in [6.45, 7) is 0. The van der Waals surface area contributed by atoms with Crippen molar-refractivity contribution in [1.29, 1.82) is 0 Å². The van der Waals surface area contributed by atoms with E-state index < -0.39 is 0 Å². The first kappa shape index (κ1) is 17.9. The lowest BCUT2D eigenvalue weighted by Crippen LogP contribution is -2.12. The molecular formula is C22H15ClFN3O. The van der Waals surface area contributed by atoms with Crippen LogP contribution in [0.3, 0.4) is 0 Å². The molecule has 0 aliphatic carbocycles. The number of halogens is 2. The molecule has 0 saturated heterocycles. The van der Waals surface area contributed by atoms with E-state index in [9.17, 15) is 9.18 Å². The molecule has 4 aromatic rings. The summed E-state index contributed by atoms with van der Waals surface area (Å²) in [6.07, 6.45) is 1.68. The smallest absolute Gasteiger partial charge is 0.259 e. The minimum absolute atomic E-state index is 0.335. The lowest BCUT2D eigenvalue weighted by molar-refractivity contribution is 0.102. The Hall–Kier alpha value is -3.44. The molecule has 0 aliphatic rings. The van der Waals surface area contributed by atoms with Gasteiger partial charge in [-0.3, -0.25) is 4.79 Å². The number of para-hydroxylation sites is 1. The number of nitrogens with zero attached hydrogens (tertiary/aromatic N) is 2. The van der Waals surface area contributed by atoms with Crippen molar-refractivity contribution >= 4 is 23.2 Å². The van der Waals surface area contributed by atoms with Crippen molar-refractivity contribution < 1.29 is 9.18 Å². The van der Waals surface area contributed by atoms with Crippen molar-refractivity contribution in [3.8, 4) is 16.9 Å². The van der Waals surface area contributed by atoms with Gasteiger partial charge in [0.15, 0.2) is 0 Å². The fourth-order valence-electron chi connectivity index (χ4n) is 2.81. The van der Waals surface area contributed by atoms with Crippen LogP contribution in [0.4, 0.5) is 10.1 Å². The molecule has 0 saturated carbocycles. The Morgan fingerprint density at radius 3 is 2.29 bits per heavy atom. The molecule has 1 amide bonds. The molecule has 0 bridgehead atoms. The summed E-state index contributed by atoms with van der Waals surface area (Å²) in [5.74, 6) is -0.699. The summed E-state index contributed by atoms with van der Waals surface area (Å²) in [4.78, 5) is 12.9. The number of hydrogen-bond acceptors (Lipinski definition) is 2. The van der Waals surface area contributed by atoms with Gasteiger partial charge in [0.2, 0.25) is 0 Å². The first-order valence-corrected chi connectivity index (χ1v) is 8.96. The van der Waals surface area contributed by atoms with Crippen molar-refractivity contribution in [1.82, 2.24) is 9.78 Å². The molecule has 0 unspecified atom stereocenters. The average molecular weight is 392 g/mol. The SMILES string of the molecule is O=C(Nc1ccc(F)cc1)c1cn(-c2ccccc2)nc1-c1ccc(Cl)cc1. The second-order valence-electron chi connectivity index (χ2n) is 6.14. The fourth-order valence-corrected chi connectivity index (χ4v) is 2.93. The third kappa shape index (κ3) is 3.80. The lowest BCUT2D eigenvalue weighted by Gasteiger charge is -2.05. The van der Waals surface area contributed by atoms with Gasteiger partial charge in [-0.1, -0.05) is 41.9 Å². The van der Waals surface area contributed by atoms with Gasteiger partial charge in [0.25, 0.3) is 5.91 Å². The average Bonchev–Trinajstić information content (AvgIpc) is 3.17. The second kappa shape index (κ2) is 7.66. The molecular weight excluding hydrogens is 377 g/mol. The topological polar surface area (TPSA) is 46.9 Å². The Morgan fingerprint density at radius 2 is 1.61 bits per heavy atom. The van der Waals surface area contributed by atoms with Crippen LogP contribution < -0.4 is 5.32 Å². The minimum atomic E-state index is -0.364. The van der Waals surface area contributed by atoms with Crippen molar-refractivity contribution in [2.45, 2.75) is 0 Å². The van der Waals surface area contributed by atoms with Crippen LogP contribution in [-0.2, 0) is 0 Å². The lowest BCUT2D eigenvalue weighted by atomic mass is 10.1. The van der Waals surface area contributed by atoms with Crippen molar-refractivity contribution in [2.75, 3.05) is 5.32 Å². The molecule has 6 heteroatoms. The number of carbonyl (C=O) groups excluding carboxylic acids is 1. The van der Waals surface area contributed by atoms with Gasteiger partial charge in [-0.05, 0) is 48.5 Å². The Bertz CT molecular complexity index is 1110. The first-order chi connectivity index (χ1) is 13.6. The zero-order valence-corrected chi connectivity index (χ0v) is 15.4. The van der Waals surface area contributed by atoms with Gasteiger partial charge in [0, 0.05) is 22.5 Å². The largest absolute Gasteiger partial charge is 0.322 e. The third-order valence-electron chi connectivity index (χ3n) is 4.20. The van der Waals surface area contributed by atoms with Gasteiger partial charge in [0.05, 0.1) is 11.3 Å². The van der Waals surface area contributed by atoms with Crippen molar-refractivity contribution in [3.63, 3.8) is 0 Å². The van der Waals surface area contributed by atoms with Crippen molar-refractivity contribution in [3.05, 3.63) is 101 Å². The Labute approximate surface area is 166 Å². The van der Waals surface area contributed by atoms with Crippen LogP contribution in [0.5, 0.6) is 0 Å². The van der Waals surface area contributed by atoms with Crippen LogP contribution in [0.25, 0.3) is 16.9 Å². The van der Waals surface area contributed by atoms with E-state index >= 15 is 0 Å². The van der Waals surface area contributed by atoms with Crippen LogP contribution in [0.1, 0.15) is 10.4 Å². The number of hydrogen-bond donors (Lipinski definition) is 1. The molecule has 1 N–H and O–H groups in total. The van der Waals surface area contributed by atoms with Gasteiger partial charge in [0.1, 0.15) is 11.5 Å². The van der Waals surface area contributed by atoms with E-state index in [-0.39, 0.29) is 11.7 Å². The summed E-state index contributed by atoms with van der Waals surface area (Å²) in [5, 5.41) is 8.00. The Balaban J connectivity index is 1.75. The molecule has 3 aromatic carbocycles. The molecule has 28 heavy (non-hydrogen) atoms. The maximum absolute atomic E-state index is 13.1. The second-order valence-corrected chi connectivity index (χ2v) is 6.58. The molecule has 1 heterocycles. The maximum atomic E-state index is 13.1. The molecule has 4 nitrogen and oxygen atoms in total. The zero-order chi connectivity index (χ0) is 19.5. The quantitative estimate of drug-likeness (QED) is 0.493. The summed E-state index contributed by atoms with van der Waals surface area (Å²) in [7, 11) is 0. The summed E-state index contributed by atoms with van der Waals surface area (Å²) < 4.78 is 14.8. The molecule has 0 radical (unpaired) electrons. The van der Waals surface area contributed by atoms with Crippen LogP contribution in [0, 0.1) is 5.82 Å². The highest BCUT2D eigenvalue weighted by molar-refractivity contribution is 6.30. The van der Waals surface area contributed by atoms with Gasteiger partial charge < -0.3 is 5.32 Å². The van der Waals surface area contributed by atoms with E-state index in [0.717, 1.165) is 11.3 Å². The number of rotatable bonds is 4. The number of aromatic nitrogens is 2. The predicted octanol–water partition coefficient (Wildman–Crippen LogP) is 5.58. The van der Waals surface area contributed by atoms with E-state index in [0.29, 0.717) is 22.0 Å². The van der Waals surface area contributed by atoms with Crippen LogP contribution >= 0.6 is 11.6 Å². The highest BCUT2D eigenvalue weighted by Crippen LogP contribution is 2.26. The van der Waals surface area contributed by atoms with E-state index in [2.05, 4.69) is 10.4 Å². The van der Waals surface area contributed by atoms with E-state index in [1.54, 1.807) is 23.0 Å². The number of amides is 1. The number of benzene rings is 3. The number of anilines is 1. The monoisotopic (exact) mass is 391 g/mol. The Morgan fingerprint density at radius 1 is 0.929 bits per heavy atom. The highest BCUT2D eigenvalue weighted by atomic mass is 35.5. The molecule has 0 spiro atoms. The van der Waals surface area contributed by atoms with Gasteiger partial charge in [-0.2, -0.15) is 5.10 Å². The van der Waals surface area contributed by atoms with Gasteiger partial charge >= 0.3 is 0 Å². The third-order valence-corrected chi connectivity index (χ3v) is 4.45. The molecule has 0 aliphatic heterocycles. The molecule has 0 fully saturated rings. The highest BCUT2D eigenvalue weighted by Gasteiger charge is 2.19. The number of nitrogens with one attached hydrogen (secondary N) is 1. The first-order valence-electron chi connectivity index (χ1n) is 8.58. The van der Waals surface area contributed by atoms with E-state index in [1.165, 1.54) is 24.3 Å². The standard InChI is InChI=1S/C22H15ClFN3O/c23-16-8-6-15(7-9-16)21-20(14-27(26-21)19-4-2-1-3-5-19)22(28)25-18-12-10-17(24)11-13-18/h1-14H,(H,25,28). The fraction of sp³-hybridized carbons (Fsp3) is 0. The maximum Gasteiger partial charge on any atom is 0.259 e. The van der Waals surface area contributed by atoms with E-state index in [4.69, 9.17) is 11.6 Å². The van der Waals surface area contributed by atoms with Gasteiger partial charge in [-0.15, -0.1) is 0 Å². The summed E-state index contributed by atoms with van der Waals surface area (Å²) in [6, 6.07) is 22.3. The summed E-state index contributed by atoms with van der Waals surface area (Å²) >= 11 is 5.99.